The quantitative estimate of drug-likeness (QED) is 0.778. The maximum absolute atomic E-state index is 13.1. The van der Waals surface area contributed by atoms with E-state index >= 15 is 0 Å². The van der Waals surface area contributed by atoms with Crippen molar-refractivity contribution in [1.29, 1.82) is 0 Å². The molecule has 0 spiro atoms. The Bertz CT molecular complexity index is 905. The summed E-state index contributed by atoms with van der Waals surface area (Å²) in [6.45, 7) is 4.30. The Morgan fingerprint density at radius 1 is 1.22 bits per heavy atom. The Balaban J connectivity index is 1.47. The summed E-state index contributed by atoms with van der Waals surface area (Å²) in [5.74, 6) is 0.115. The van der Waals surface area contributed by atoms with Gasteiger partial charge in [0.25, 0.3) is 5.91 Å². The number of nitrogens with zero attached hydrogens (tertiary/aromatic N) is 3. The zero-order chi connectivity index (χ0) is 18.6. The van der Waals surface area contributed by atoms with Gasteiger partial charge < -0.3 is 14.8 Å². The van der Waals surface area contributed by atoms with Crippen molar-refractivity contribution in [3.05, 3.63) is 83.9 Å². The van der Waals surface area contributed by atoms with Crippen LogP contribution in [0.4, 0.5) is 0 Å². The highest BCUT2D eigenvalue weighted by Gasteiger charge is 2.25. The summed E-state index contributed by atoms with van der Waals surface area (Å²) in [6.07, 6.45) is 6.35. The Labute approximate surface area is 159 Å². The first kappa shape index (κ1) is 17.5. The summed E-state index contributed by atoms with van der Waals surface area (Å²) in [7, 11) is 0. The van der Waals surface area contributed by atoms with Crippen molar-refractivity contribution in [1.82, 2.24) is 19.8 Å². The summed E-state index contributed by atoms with van der Waals surface area (Å²) in [5, 5.41) is 3.54. The van der Waals surface area contributed by atoms with Crippen molar-refractivity contribution >= 4 is 5.91 Å². The third-order valence-electron chi connectivity index (χ3n) is 5.11. The van der Waals surface area contributed by atoms with Crippen LogP contribution in [-0.4, -0.2) is 46.0 Å². The largest absolute Gasteiger partial charge is 0.336 e. The van der Waals surface area contributed by atoms with E-state index in [1.165, 1.54) is 5.56 Å². The van der Waals surface area contributed by atoms with Gasteiger partial charge in [-0.3, -0.25) is 4.79 Å². The van der Waals surface area contributed by atoms with Crippen LogP contribution in [0.15, 0.2) is 67.3 Å². The first-order chi connectivity index (χ1) is 13.2. The standard InChI is InChI=1S/C22H24N4O/c1-17-13-20(26-11-9-23-16-26)7-8-21(17)22(27)25-12-10-24-19(15-25)14-18-5-3-2-4-6-18/h2-9,11,13,16,19,24H,10,12,14-15H2,1H3. The predicted molar refractivity (Wildman–Crippen MR) is 106 cm³/mol. The number of aryl methyl sites for hydroxylation is 1. The van der Waals surface area contributed by atoms with Gasteiger partial charge in [-0.05, 0) is 42.7 Å². The lowest BCUT2D eigenvalue weighted by molar-refractivity contribution is 0.0702. The summed E-state index contributed by atoms with van der Waals surface area (Å²) in [5.41, 5.74) is 4.08. The molecular formula is C22H24N4O. The van der Waals surface area contributed by atoms with Crippen LogP contribution in [0.2, 0.25) is 0 Å². The van der Waals surface area contributed by atoms with Crippen molar-refractivity contribution in [3.63, 3.8) is 0 Å². The van der Waals surface area contributed by atoms with Crippen LogP contribution in [0, 0.1) is 6.92 Å². The maximum Gasteiger partial charge on any atom is 0.254 e. The lowest BCUT2D eigenvalue weighted by Crippen LogP contribution is -2.53. The zero-order valence-corrected chi connectivity index (χ0v) is 15.5. The maximum atomic E-state index is 13.1. The van der Waals surface area contributed by atoms with Crippen LogP contribution in [0.5, 0.6) is 0 Å². The number of nitrogens with one attached hydrogen (secondary N) is 1. The SMILES string of the molecule is Cc1cc(-n2ccnc2)ccc1C(=O)N1CCNC(Cc2ccccc2)C1. The Morgan fingerprint density at radius 2 is 2.07 bits per heavy atom. The van der Waals surface area contributed by atoms with Crippen molar-refractivity contribution in [2.45, 2.75) is 19.4 Å². The second-order valence-electron chi connectivity index (χ2n) is 7.06. The number of hydrogen-bond acceptors (Lipinski definition) is 3. The summed E-state index contributed by atoms with van der Waals surface area (Å²) in [4.78, 5) is 19.2. The molecule has 5 heteroatoms. The van der Waals surface area contributed by atoms with E-state index in [9.17, 15) is 4.79 Å². The third kappa shape index (κ3) is 3.93. The van der Waals surface area contributed by atoms with E-state index in [2.05, 4.69) is 34.6 Å². The Hall–Kier alpha value is -2.92. The summed E-state index contributed by atoms with van der Waals surface area (Å²) >= 11 is 0. The van der Waals surface area contributed by atoms with Gasteiger partial charge in [0.05, 0.1) is 6.33 Å². The minimum Gasteiger partial charge on any atom is -0.336 e. The molecule has 138 valence electrons. The number of piperazine rings is 1. The average molecular weight is 360 g/mol. The van der Waals surface area contributed by atoms with Crippen molar-refractivity contribution in [2.24, 2.45) is 0 Å². The number of carbonyl (C=O) groups excluding carboxylic acids is 1. The molecule has 2 aromatic carbocycles. The van der Waals surface area contributed by atoms with Crippen molar-refractivity contribution in [3.8, 4) is 5.69 Å². The van der Waals surface area contributed by atoms with Gasteiger partial charge in [0.15, 0.2) is 0 Å². The number of benzene rings is 2. The van der Waals surface area contributed by atoms with Crippen LogP contribution in [-0.2, 0) is 6.42 Å². The lowest BCUT2D eigenvalue weighted by atomic mass is 10.0. The van der Waals surface area contributed by atoms with E-state index in [4.69, 9.17) is 0 Å². The van der Waals surface area contributed by atoms with Crippen LogP contribution in [0.25, 0.3) is 5.69 Å². The summed E-state index contributed by atoms with van der Waals surface area (Å²) in [6, 6.07) is 16.7. The molecule has 2 heterocycles. The van der Waals surface area contributed by atoms with Crippen LogP contribution in [0.3, 0.4) is 0 Å². The van der Waals surface area contributed by atoms with Crippen LogP contribution < -0.4 is 5.32 Å². The highest BCUT2D eigenvalue weighted by atomic mass is 16.2. The van der Waals surface area contributed by atoms with Crippen LogP contribution >= 0.6 is 0 Å². The van der Waals surface area contributed by atoms with Crippen molar-refractivity contribution in [2.75, 3.05) is 19.6 Å². The molecule has 1 unspecified atom stereocenters. The number of carbonyl (C=O) groups is 1. The molecule has 0 bridgehead atoms. The van der Waals surface area contributed by atoms with E-state index in [1.807, 2.05) is 46.9 Å². The fourth-order valence-electron chi connectivity index (χ4n) is 3.68. The van der Waals surface area contributed by atoms with Gasteiger partial charge in [-0.1, -0.05) is 30.3 Å². The molecule has 1 aliphatic heterocycles. The molecule has 0 saturated carbocycles. The molecule has 4 rings (SSSR count). The fourth-order valence-corrected chi connectivity index (χ4v) is 3.68. The molecule has 27 heavy (non-hydrogen) atoms. The van der Waals surface area contributed by atoms with Gasteiger partial charge >= 0.3 is 0 Å². The number of rotatable bonds is 4. The molecule has 0 aliphatic carbocycles. The van der Waals surface area contributed by atoms with Gasteiger partial charge in [0, 0.05) is 49.3 Å². The van der Waals surface area contributed by atoms with Gasteiger partial charge in [0.1, 0.15) is 0 Å². The van der Waals surface area contributed by atoms with Gasteiger partial charge in [-0.2, -0.15) is 0 Å². The number of aromatic nitrogens is 2. The first-order valence-electron chi connectivity index (χ1n) is 9.36. The van der Waals surface area contributed by atoms with E-state index in [1.54, 1.807) is 12.5 Å². The molecule has 3 aromatic rings. The molecular weight excluding hydrogens is 336 g/mol. The van der Waals surface area contributed by atoms with Gasteiger partial charge in [-0.15, -0.1) is 0 Å². The molecule has 1 aromatic heterocycles. The smallest absolute Gasteiger partial charge is 0.254 e. The third-order valence-corrected chi connectivity index (χ3v) is 5.11. The summed E-state index contributed by atoms with van der Waals surface area (Å²) < 4.78 is 1.95. The Kier molecular flexibility index (Phi) is 5.03. The van der Waals surface area contributed by atoms with E-state index in [0.29, 0.717) is 0 Å². The van der Waals surface area contributed by atoms with E-state index < -0.39 is 0 Å². The minimum absolute atomic E-state index is 0.115. The Morgan fingerprint density at radius 3 is 2.81 bits per heavy atom. The topological polar surface area (TPSA) is 50.2 Å². The number of amides is 1. The molecule has 1 saturated heterocycles. The second kappa shape index (κ2) is 7.76. The molecule has 0 radical (unpaired) electrons. The zero-order valence-electron chi connectivity index (χ0n) is 15.5. The molecule has 1 amide bonds. The van der Waals surface area contributed by atoms with E-state index in [-0.39, 0.29) is 11.9 Å². The number of hydrogen-bond donors (Lipinski definition) is 1. The lowest BCUT2D eigenvalue weighted by Gasteiger charge is -2.34. The highest BCUT2D eigenvalue weighted by molar-refractivity contribution is 5.96. The normalized spacial score (nSPS) is 17.1. The number of imidazole rings is 1. The molecule has 1 aliphatic rings. The van der Waals surface area contributed by atoms with Crippen LogP contribution in [0.1, 0.15) is 21.5 Å². The first-order valence-corrected chi connectivity index (χ1v) is 9.36. The molecule has 1 atom stereocenters. The minimum atomic E-state index is 0.115. The monoisotopic (exact) mass is 360 g/mol. The fraction of sp³-hybridized carbons (Fsp3) is 0.273. The second-order valence-corrected chi connectivity index (χ2v) is 7.06. The highest BCUT2D eigenvalue weighted by Crippen LogP contribution is 2.18. The van der Waals surface area contributed by atoms with E-state index in [0.717, 1.165) is 42.9 Å². The van der Waals surface area contributed by atoms with Crippen molar-refractivity contribution < 1.29 is 4.79 Å². The van der Waals surface area contributed by atoms with Gasteiger partial charge in [0.2, 0.25) is 0 Å². The van der Waals surface area contributed by atoms with Gasteiger partial charge in [-0.25, -0.2) is 4.98 Å². The molecule has 5 nitrogen and oxygen atoms in total. The molecule has 1 fully saturated rings. The average Bonchev–Trinajstić information content (AvgIpc) is 3.23. The molecule has 1 N–H and O–H groups in total. The predicted octanol–water partition coefficient (Wildman–Crippen LogP) is 2.84.